The molecule has 2 nitrogen and oxygen atoms in total. The normalized spacial score (nSPS) is 14.2. The lowest BCUT2D eigenvalue weighted by atomic mass is 9.64. The molecule has 1 heterocycles. The number of anilines is 3. The Kier molecular flexibility index (Phi) is 6.87. The molecule has 0 saturated carbocycles. The van der Waals surface area contributed by atoms with E-state index in [0.717, 1.165) is 11.4 Å². The molecule has 1 aliphatic heterocycles. The predicted molar refractivity (Wildman–Crippen MR) is 227 cm³/mol. The Morgan fingerprint density at radius 2 is 0.907 bits per heavy atom. The summed E-state index contributed by atoms with van der Waals surface area (Å²) in [5.74, 6) is 0. The first-order valence-corrected chi connectivity index (χ1v) is 18.8. The molecule has 254 valence electrons. The Bertz CT molecular complexity index is 2910. The zero-order valence-corrected chi connectivity index (χ0v) is 29.7. The van der Waals surface area contributed by atoms with Crippen LogP contribution in [0.25, 0.3) is 43.1 Å². The summed E-state index contributed by atoms with van der Waals surface area (Å²) >= 11 is 0. The third-order valence-corrected chi connectivity index (χ3v) is 11.7. The van der Waals surface area contributed by atoms with Gasteiger partial charge in [0.15, 0.2) is 0 Å². The molecule has 10 aromatic rings. The van der Waals surface area contributed by atoms with Gasteiger partial charge in [-0.15, -0.1) is 0 Å². The highest BCUT2D eigenvalue weighted by atomic mass is 15.3. The van der Waals surface area contributed by atoms with Gasteiger partial charge >= 0.3 is 0 Å². The topological polar surface area (TPSA) is 15.3 Å². The van der Waals surface area contributed by atoms with Gasteiger partial charge in [0.1, 0.15) is 6.17 Å². The predicted octanol–water partition coefficient (Wildman–Crippen LogP) is 13.4. The molecule has 0 saturated heterocycles. The zero-order chi connectivity index (χ0) is 35.6. The van der Waals surface area contributed by atoms with Gasteiger partial charge in [-0.2, -0.15) is 0 Å². The van der Waals surface area contributed by atoms with Crippen LogP contribution in [-0.4, -0.2) is 0 Å². The third kappa shape index (κ3) is 4.47. The van der Waals surface area contributed by atoms with Gasteiger partial charge in [-0.05, 0) is 107 Å². The standard InChI is InChI=1S/C52H36N2/c1-4-18-38(19-5-1)52(39-20-6-2-7-21-39,40-31-29-36(30-32-40)51-53-47-27-10-11-28-48(47)54(51)42-22-8-3-9-23-42)41-33-37-17-14-25-44-43-24-12-15-35-16-13-26-45(49(35)43)46(34-41)50(37)44/h1-34,51,53H. The highest BCUT2D eigenvalue weighted by Gasteiger charge is 2.39. The molecule has 1 unspecified atom stereocenters. The molecule has 1 N–H and O–H groups in total. The van der Waals surface area contributed by atoms with E-state index >= 15 is 0 Å². The monoisotopic (exact) mass is 688 g/mol. The summed E-state index contributed by atoms with van der Waals surface area (Å²) < 4.78 is 0. The second-order valence-corrected chi connectivity index (χ2v) is 14.5. The Morgan fingerprint density at radius 3 is 1.56 bits per heavy atom. The summed E-state index contributed by atoms with van der Waals surface area (Å²) in [6.07, 6.45) is -0.0502. The van der Waals surface area contributed by atoms with Crippen molar-refractivity contribution in [1.82, 2.24) is 0 Å². The van der Waals surface area contributed by atoms with Gasteiger partial charge in [0.2, 0.25) is 0 Å². The Labute approximate surface area is 314 Å². The minimum absolute atomic E-state index is 0.0502. The van der Waals surface area contributed by atoms with Crippen LogP contribution >= 0.6 is 0 Å². The van der Waals surface area contributed by atoms with Crippen LogP contribution in [0.5, 0.6) is 0 Å². The van der Waals surface area contributed by atoms with Crippen LogP contribution in [0, 0.1) is 0 Å². The van der Waals surface area contributed by atoms with Crippen molar-refractivity contribution in [2.45, 2.75) is 11.6 Å². The fourth-order valence-corrected chi connectivity index (χ4v) is 9.43. The molecule has 2 heteroatoms. The minimum atomic E-state index is -0.599. The summed E-state index contributed by atoms with van der Waals surface area (Å²) in [5, 5.41) is 14.2. The molecule has 1 aliphatic rings. The van der Waals surface area contributed by atoms with Gasteiger partial charge in [-0.1, -0.05) is 170 Å². The summed E-state index contributed by atoms with van der Waals surface area (Å²) in [5.41, 5.74) is 9.03. The van der Waals surface area contributed by atoms with Crippen LogP contribution in [-0.2, 0) is 5.41 Å². The average molecular weight is 689 g/mol. The molecular formula is C52H36N2. The number of benzene rings is 10. The van der Waals surface area contributed by atoms with Gasteiger partial charge in [-0.3, -0.25) is 0 Å². The van der Waals surface area contributed by atoms with Gasteiger partial charge < -0.3 is 10.2 Å². The molecule has 0 spiro atoms. The smallest absolute Gasteiger partial charge is 0.130 e. The van der Waals surface area contributed by atoms with Crippen LogP contribution < -0.4 is 10.2 Å². The molecule has 0 fully saturated rings. The lowest BCUT2D eigenvalue weighted by molar-refractivity contribution is 0.744. The fourth-order valence-electron chi connectivity index (χ4n) is 9.43. The van der Waals surface area contributed by atoms with Gasteiger partial charge in [0.05, 0.1) is 16.8 Å². The summed E-state index contributed by atoms with van der Waals surface area (Å²) in [6.45, 7) is 0. The van der Waals surface area contributed by atoms with E-state index in [9.17, 15) is 0 Å². The first kappa shape index (κ1) is 30.7. The number of hydrogen-bond donors (Lipinski definition) is 1. The van der Waals surface area contributed by atoms with E-state index in [-0.39, 0.29) is 6.17 Å². The maximum atomic E-state index is 3.84. The Morgan fingerprint density at radius 1 is 0.389 bits per heavy atom. The van der Waals surface area contributed by atoms with E-state index in [2.05, 4.69) is 216 Å². The number of hydrogen-bond acceptors (Lipinski definition) is 2. The van der Waals surface area contributed by atoms with Crippen molar-refractivity contribution in [2.75, 3.05) is 10.2 Å². The van der Waals surface area contributed by atoms with Crippen molar-refractivity contribution in [3.05, 3.63) is 234 Å². The lowest BCUT2D eigenvalue weighted by Gasteiger charge is -2.37. The number of nitrogens with zero attached hydrogens (tertiary/aromatic N) is 1. The van der Waals surface area contributed by atoms with Gasteiger partial charge in [0.25, 0.3) is 0 Å². The minimum Gasteiger partial charge on any atom is -0.359 e. The number of rotatable bonds is 6. The highest BCUT2D eigenvalue weighted by Crippen LogP contribution is 2.50. The Balaban J connectivity index is 1.17. The molecule has 0 bridgehead atoms. The Hall–Kier alpha value is -6.90. The zero-order valence-electron chi connectivity index (χ0n) is 29.7. The van der Waals surface area contributed by atoms with E-state index in [0.29, 0.717) is 0 Å². The van der Waals surface area contributed by atoms with Gasteiger partial charge in [0, 0.05) is 5.69 Å². The summed E-state index contributed by atoms with van der Waals surface area (Å²) in [7, 11) is 0. The molecule has 10 aromatic carbocycles. The average Bonchev–Trinajstić information content (AvgIpc) is 3.64. The third-order valence-electron chi connectivity index (χ3n) is 11.7. The fraction of sp³-hybridized carbons (Fsp3) is 0.0385. The molecule has 0 amide bonds. The van der Waals surface area contributed by atoms with Crippen molar-refractivity contribution in [1.29, 1.82) is 0 Å². The highest BCUT2D eigenvalue weighted by molar-refractivity contribution is 6.33. The first-order valence-electron chi connectivity index (χ1n) is 18.8. The number of para-hydroxylation sites is 3. The van der Waals surface area contributed by atoms with Crippen molar-refractivity contribution in [2.24, 2.45) is 0 Å². The van der Waals surface area contributed by atoms with E-state index in [1.807, 2.05) is 0 Å². The van der Waals surface area contributed by atoms with E-state index in [4.69, 9.17) is 0 Å². The number of fused-ring (bicyclic) bond motifs is 3. The second kappa shape index (κ2) is 12.1. The first-order chi connectivity index (χ1) is 26.8. The number of nitrogens with one attached hydrogen (secondary N) is 1. The molecule has 11 rings (SSSR count). The molecule has 54 heavy (non-hydrogen) atoms. The quantitative estimate of drug-likeness (QED) is 0.106. The van der Waals surface area contributed by atoms with Crippen molar-refractivity contribution in [3.63, 3.8) is 0 Å². The molecule has 1 atom stereocenters. The molecule has 0 aliphatic carbocycles. The maximum absolute atomic E-state index is 3.84. The van der Waals surface area contributed by atoms with Crippen LogP contribution in [0.1, 0.15) is 34.0 Å². The molecular weight excluding hydrogens is 653 g/mol. The molecule has 0 aromatic heterocycles. The van der Waals surface area contributed by atoms with Gasteiger partial charge in [-0.25, -0.2) is 0 Å². The van der Waals surface area contributed by atoms with Crippen LogP contribution in [0.4, 0.5) is 17.1 Å². The van der Waals surface area contributed by atoms with Crippen LogP contribution in [0.3, 0.4) is 0 Å². The second-order valence-electron chi connectivity index (χ2n) is 14.5. The van der Waals surface area contributed by atoms with Crippen molar-refractivity contribution < 1.29 is 0 Å². The largest absolute Gasteiger partial charge is 0.359 e. The summed E-state index contributed by atoms with van der Waals surface area (Å²) in [4.78, 5) is 2.41. The SMILES string of the molecule is c1ccc(N2c3ccccc3NC2c2ccc(C(c3ccccc3)(c3ccccc3)c3cc4cccc5c6cccc7cccc(c(c3)c45)c76)cc2)cc1. The van der Waals surface area contributed by atoms with E-state index in [1.165, 1.54) is 76.6 Å². The van der Waals surface area contributed by atoms with Crippen LogP contribution in [0.2, 0.25) is 0 Å². The lowest BCUT2D eigenvalue weighted by Crippen LogP contribution is -2.31. The van der Waals surface area contributed by atoms with E-state index in [1.54, 1.807) is 0 Å². The van der Waals surface area contributed by atoms with Crippen molar-refractivity contribution in [3.8, 4) is 0 Å². The van der Waals surface area contributed by atoms with Crippen LogP contribution in [0.15, 0.2) is 206 Å². The maximum Gasteiger partial charge on any atom is 0.130 e. The van der Waals surface area contributed by atoms with E-state index < -0.39 is 5.41 Å². The molecule has 0 radical (unpaired) electrons. The summed E-state index contributed by atoms with van der Waals surface area (Å²) in [6, 6.07) is 76.1. The van der Waals surface area contributed by atoms with Crippen molar-refractivity contribution >= 4 is 60.2 Å².